The third-order valence-corrected chi connectivity index (χ3v) is 2.51. The molecule has 1 heteroatoms. The lowest BCUT2D eigenvalue weighted by molar-refractivity contribution is 0.785. The van der Waals surface area contributed by atoms with Gasteiger partial charge in [0.05, 0.1) is 0 Å². The van der Waals surface area contributed by atoms with Gasteiger partial charge in [-0.3, -0.25) is 0 Å². The molecule has 1 aromatic rings. The lowest BCUT2D eigenvalue weighted by atomic mass is 10.1. The van der Waals surface area contributed by atoms with Crippen molar-refractivity contribution < 1.29 is 0 Å². The summed E-state index contributed by atoms with van der Waals surface area (Å²) in [5.74, 6) is 0. The maximum absolute atomic E-state index is 3.17. The summed E-state index contributed by atoms with van der Waals surface area (Å²) in [5.41, 5.74) is 2.90. The largest absolute Gasteiger partial charge is 0.319 e. The second-order valence-electron chi connectivity index (χ2n) is 3.77. The fourth-order valence-corrected chi connectivity index (χ4v) is 1.52. The van der Waals surface area contributed by atoms with Crippen LogP contribution in [0.15, 0.2) is 24.3 Å². The average molecular weight is 191 g/mol. The quantitative estimate of drug-likeness (QED) is 0.729. The van der Waals surface area contributed by atoms with Crippen LogP contribution in [0.3, 0.4) is 0 Å². The Morgan fingerprint density at radius 1 is 1.00 bits per heavy atom. The number of aryl methyl sites for hydroxylation is 1. The van der Waals surface area contributed by atoms with Gasteiger partial charge < -0.3 is 5.32 Å². The van der Waals surface area contributed by atoms with E-state index in [1.807, 2.05) is 7.05 Å². The van der Waals surface area contributed by atoms with Crippen molar-refractivity contribution in [3.63, 3.8) is 0 Å². The Balaban J connectivity index is 2.42. The van der Waals surface area contributed by atoms with E-state index in [4.69, 9.17) is 0 Å². The number of hydrogen-bond acceptors (Lipinski definition) is 1. The van der Waals surface area contributed by atoms with E-state index >= 15 is 0 Å². The van der Waals surface area contributed by atoms with Gasteiger partial charge in [0.25, 0.3) is 0 Å². The highest BCUT2D eigenvalue weighted by molar-refractivity contribution is 5.22. The Morgan fingerprint density at radius 3 is 2.07 bits per heavy atom. The van der Waals surface area contributed by atoms with Crippen LogP contribution in [0.2, 0.25) is 0 Å². The Bertz CT molecular complexity index is 211. The topological polar surface area (TPSA) is 12.0 Å². The molecule has 0 amide bonds. The molecule has 1 nitrogen and oxygen atoms in total. The Morgan fingerprint density at radius 2 is 1.57 bits per heavy atom. The van der Waals surface area contributed by atoms with E-state index in [0.29, 0.717) is 0 Å². The van der Waals surface area contributed by atoms with Crippen LogP contribution >= 0.6 is 0 Å². The second-order valence-corrected chi connectivity index (χ2v) is 3.77. The fraction of sp³-hybridized carbons (Fsp3) is 0.538. The first-order chi connectivity index (χ1) is 6.86. The number of rotatable bonds is 6. The number of hydrogen-bond donors (Lipinski definition) is 1. The smallest absolute Gasteiger partial charge is 0.00114 e. The van der Waals surface area contributed by atoms with Crippen LogP contribution in [0, 0.1) is 0 Å². The van der Waals surface area contributed by atoms with Crippen LogP contribution in [0.5, 0.6) is 0 Å². The molecule has 0 bridgehead atoms. The van der Waals surface area contributed by atoms with Gasteiger partial charge in [0.1, 0.15) is 0 Å². The highest BCUT2D eigenvalue weighted by atomic mass is 14.8. The van der Waals surface area contributed by atoms with Gasteiger partial charge >= 0.3 is 0 Å². The summed E-state index contributed by atoms with van der Waals surface area (Å²) in [5, 5.41) is 3.17. The van der Waals surface area contributed by atoms with Gasteiger partial charge in [-0.25, -0.2) is 0 Å². The van der Waals surface area contributed by atoms with Crippen molar-refractivity contribution in [3.05, 3.63) is 35.4 Å². The maximum atomic E-state index is 3.17. The highest BCUT2D eigenvalue weighted by Crippen LogP contribution is 2.08. The molecule has 0 unspecified atom stereocenters. The number of nitrogens with one attached hydrogen (secondary N) is 1. The van der Waals surface area contributed by atoms with E-state index in [1.54, 1.807) is 0 Å². The molecule has 0 radical (unpaired) electrons. The molecule has 0 atom stereocenters. The summed E-state index contributed by atoms with van der Waals surface area (Å²) in [7, 11) is 2.00. The van der Waals surface area contributed by atoms with Crippen molar-refractivity contribution in [3.8, 4) is 0 Å². The molecule has 0 aromatic heterocycles. The van der Waals surface area contributed by atoms with Crippen LogP contribution < -0.4 is 5.32 Å². The molecule has 0 aliphatic rings. The molecule has 1 aromatic carbocycles. The zero-order valence-electron chi connectivity index (χ0n) is 9.34. The van der Waals surface area contributed by atoms with Gasteiger partial charge in [-0.1, -0.05) is 37.6 Å². The second kappa shape index (κ2) is 6.61. The predicted octanol–water partition coefficient (Wildman–Crippen LogP) is 2.79. The molecular weight excluding hydrogens is 170 g/mol. The first kappa shape index (κ1) is 11.3. The fourth-order valence-electron chi connectivity index (χ4n) is 1.52. The van der Waals surface area contributed by atoms with Crippen molar-refractivity contribution in [2.24, 2.45) is 0 Å². The third kappa shape index (κ3) is 3.93. The molecular formula is C13H21N. The summed E-state index contributed by atoms with van der Waals surface area (Å²) in [4.78, 5) is 0. The monoisotopic (exact) mass is 191 g/mol. The van der Waals surface area contributed by atoms with Gasteiger partial charge in [0.15, 0.2) is 0 Å². The van der Waals surface area contributed by atoms with E-state index in [2.05, 4.69) is 36.5 Å². The normalized spacial score (nSPS) is 10.4. The van der Waals surface area contributed by atoms with Crippen molar-refractivity contribution in [1.29, 1.82) is 0 Å². The van der Waals surface area contributed by atoms with Crippen LogP contribution in [-0.4, -0.2) is 13.6 Å². The molecule has 1 N–H and O–H groups in total. The molecule has 0 fully saturated rings. The SMILES string of the molecule is CCCCc1ccc(CCNC)cc1. The number of likely N-dealkylation sites (N-methyl/N-ethyl adjacent to an activating group) is 1. The molecule has 0 aliphatic heterocycles. The van der Waals surface area contributed by atoms with Gasteiger partial charge in [-0.05, 0) is 44.0 Å². The molecule has 14 heavy (non-hydrogen) atoms. The summed E-state index contributed by atoms with van der Waals surface area (Å²) < 4.78 is 0. The summed E-state index contributed by atoms with van der Waals surface area (Å²) in [6.45, 7) is 3.30. The minimum Gasteiger partial charge on any atom is -0.319 e. The van der Waals surface area contributed by atoms with Crippen LogP contribution in [-0.2, 0) is 12.8 Å². The first-order valence-electron chi connectivity index (χ1n) is 5.59. The lowest BCUT2D eigenvalue weighted by Crippen LogP contribution is -2.10. The molecule has 0 saturated carbocycles. The summed E-state index contributed by atoms with van der Waals surface area (Å²) in [6.07, 6.45) is 4.94. The Kier molecular flexibility index (Phi) is 5.31. The molecule has 0 aliphatic carbocycles. The van der Waals surface area contributed by atoms with E-state index < -0.39 is 0 Å². The van der Waals surface area contributed by atoms with E-state index in [1.165, 1.54) is 30.4 Å². The molecule has 78 valence electrons. The van der Waals surface area contributed by atoms with Crippen LogP contribution in [0.4, 0.5) is 0 Å². The maximum Gasteiger partial charge on any atom is -0.00114 e. The summed E-state index contributed by atoms with van der Waals surface area (Å²) >= 11 is 0. The predicted molar refractivity (Wildman–Crippen MR) is 62.7 cm³/mol. The van der Waals surface area contributed by atoms with Gasteiger partial charge in [0, 0.05) is 0 Å². The van der Waals surface area contributed by atoms with Crippen molar-refractivity contribution in [1.82, 2.24) is 5.32 Å². The molecule has 1 rings (SSSR count). The average Bonchev–Trinajstić information content (AvgIpc) is 2.25. The van der Waals surface area contributed by atoms with E-state index in [-0.39, 0.29) is 0 Å². The van der Waals surface area contributed by atoms with Crippen molar-refractivity contribution in [2.45, 2.75) is 32.6 Å². The van der Waals surface area contributed by atoms with Crippen molar-refractivity contribution >= 4 is 0 Å². The zero-order valence-corrected chi connectivity index (χ0v) is 9.34. The molecule has 0 spiro atoms. The Hall–Kier alpha value is -0.820. The number of unbranched alkanes of at least 4 members (excludes halogenated alkanes) is 1. The highest BCUT2D eigenvalue weighted by Gasteiger charge is 1.94. The van der Waals surface area contributed by atoms with Crippen molar-refractivity contribution in [2.75, 3.05) is 13.6 Å². The van der Waals surface area contributed by atoms with Gasteiger partial charge in [-0.15, -0.1) is 0 Å². The van der Waals surface area contributed by atoms with Crippen LogP contribution in [0.1, 0.15) is 30.9 Å². The van der Waals surface area contributed by atoms with Crippen LogP contribution in [0.25, 0.3) is 0 Å². The standard InChI is InChI=1S/C13H21N/c1-3-4-5-12-6-8-13(9-7-12)10-11-14-2/h6-9,14H,3-5,10-11H2,1-2H3. The molecule has 0 saturated heterocycles. The minimum absolute atomic E-state index is 1.06. The third-order valence-electron chi connectivity index (χ3n) is 2.51. The lowest BCUT2D eigenvalue weighted by Gasteiger charge is -2.03. The Labute approximate surface area is 87.5 Å². The zero-order chi connectivity index (χ0) is 10.2. The van der Waals surface area contributed by atoms with E-state index in [9.17, 15) is 0 Å². The van der Waals surface area contributed by atoms with Gasteiger partial charge in [0.2, 0.25) is 0 Å². The summed E-state index contributed by atoms with van der Waals surface area (Å²) in [6, 6.07) is 9.03. The van der Waals surface area contributed by atoms with E-state index in [0.717, 1.165) is 13.0 Å². The number of benzene rings is 1. The molecule has 0 heterocycles. The first-order valence-corrected chi connectivity index (χ1v) is 5.59. The minimum atomic E-state index is 1.06. The van der Waals surface area contributed by atoms with Gasteiger partial charge in [-0.2, -0.15) is 0 Å².